The number of morpholine rings is 1. The fourth-order valence-corrected chi connectivity index (χ4v) is 2.44. The van der Waals surface area contributed by atoms with Crippen LogP contribution in [-0.2, 0) is 9.47 Å². The van der Waals surface area contributed by atoms with E-state index in [9.17, 15) is 0 Å². The van der Waals surface area contributed by atoms with Gasteiger partial charge in [0, 0.05) is 20.2 Å². The molecule has 2 aromatic heterocycles. The van der Waals surface area contributed by atoms with Crippen molar-refractivity contribution in [2.45, 2.75) is 6.10 Å². The largest absolute Gasteiger partial charge is 0.382 e. The SMILES string of the molecule is COCC1CN(c2ccc3nc(Cl)nn3c2)CCO1. The molecule has 1 unspecified atom stereocenters. The highest BCUT2D eigenvalue weighted by molar-refractivity contribution is 6.28. The number of anilines is 1. The Hall–Kier alpha value is -1.37. The van der Waals surface area contributed by atoms with Crippen LogP contribution in [0.15, 0.2) is 18.3 Å². The first-order chi connectivity index (χ1) is 9.26. The summed E-state index contributed by atoms with van der Waals surface area (Å²) in [5.74, 6) is 0. The highest BCUT2D eigenvalue weighted by Gasteiger charge is 2.21. The van der Waals surface area contributed by atoms with E-state index in [1.165, 1.54) is 0 Å². The van der Waals surface area contributed by atoms with Crippen molar-refractivity contribution in [2.24, 2.45) is 0 Å². The molecule has 0 aliphatic carbocycles. The first-order valence-electron chi connectivity index (χ1n) is 6.13. The molecule has 0 aromatic carbocycles. The Morgan fingerprint density at radius 2 is 2.42 bits per heavy atom. The lowest BCUT2D eigenvalue weighted by molar-refractivity contribution is -0.0100. The van der Waals surface area contributed by atoms with E-state index in [4.69, 9.17) is 21.1 Å². The first kappa shape index (κ1) is 12.7. The van der Waals surface area contributed by atoms with E-state index in [-0.39, 0.29) is 11.4 Å². The lowest BCUT2D eigenvalue weighted by Crippen LogP contribution is -2.44. The summed E-state index contributed by atoms with van der Waals surface area (Å²) >= 11 is 5.79. The Morgan fingerprint density at radius 1 is 1.53 bits per heavy atom. The summed E-state index contributed by atoms with van der Waals surface area (Å²) in [5.41, 5.74) is 1.83. The first-order valence-corrected chi connectivity index (χ1v) is 6.51. The fourth-order valence-electron chi connectivity index (χ4n) is 2.27. The highest BCUT2D eigenvalue weighted by Crippen LogP contribution is 2.19. The maximum absolute atomic E-state index is 5.79. The van der Waals surface area contributed by atoms with Crippen molar-refractivity contribution in [3.63, 3.8) is 0 Å². The predicted octanol–water partition coefficient (Wildman–Crippen LogP) is 1.23. The zero-order chi connectivity index (χ0) is 13.2. The van der Waals surface area contributed by atoms with Gasteiger partial charge in [0.2, 0.25) is 5.28 Å². The van der Waals surface area contributed by atoms with Crippen LogP contribution in [0.5, 0.6) is 0 Å². The van der Waals surface area contributed by atoms with Crippen molar-refractivity contribution < 1.29 is 9.47 Å². The van der Waals surface area contributed by atoms with Crippen LogP contribution in [-0.4, -0.2) is 54.1 Å². The highest BCUT2D eigenvalue weighted by atomic mass is 35.5. The van der Waals surface area contributed by atoms with Crippen LogP contribution >= 0.6 is 11.6 Å². The normalized spacial score (nSPS) is 20.1. The van der Waals surface area contributed by atoms with Gasteiger partial charge in [0.1, 0.15) is 0 Å². The van der Waals surface area contributed by atoms with Crippen LogP contribution in [0.4, 0.5) is 5.69 Å². The molecule has 0 N–H and O–H groups in total. The number of methoxy groups -OCH3 is 1. The quantitative estimate of drug-likeness (QED) is 0.848. The summed E-state index contributed by atoms with van der Waals surface area (Å²) in [6.07, 6.45) is 2.04. The topological polar surface area (TPSA) is 51.9 Å². The Balaban J connectivity index is 1.82. The third-order valence-electron chi connectivity index (χ3n) is 3.15. The smallest absolute Gasteiger partial charge is 0.243 e. The fraction of sp³-hybridized carbons (Fsp3) is 0.500. The predicted molar refractivity (Wildman–Crippen MR) is 71.8 cm³/mol. The number of rotatable bonds is 3. The van der Waals surface area contributed by atoms with E-state index in [1.807, 2.05) is 18.3 Å². The number of fused-ring (bicyclic) bond motifs is 1. The average molecular weight is 283 g/mol. The van der Waals surface area contributed by atoms with E-state index in [0.29, 0.717) is 13.2 Å². The van der Waals surface area contributed by atoms with E-state index in [2.05, 4.69) is 15.0 Å². The number of halogens is 1. The van der Waals surface area contributed by atoms with Gasteiger partial charge in [-0.3, -0.25) is 0 Å². The van der Waals surface area contributed by atoms with Gasteiger partial charge in [-0.1, -0.05) is 0 Å². The Labute approximate surface area is 115 Å². The van der Waals surface area contributed by atoms with Crippen molar-refractivity contribution >= 4 is 22.9 Å². The number of nitrogens with zero attached hydrogens (tertiary/aromatic N) is 4. The van der Waals surface area contributed by atoms with Crippen LogP contribution in [0.2, 0.25) is 5.28 Å². The molecule has 0 spiro atoms. The number of ether oxygens (including phenoxy) is 2. The Bertz CT molecular complexity index is 572. The molecule has 102 valence electrons. The summed E-state index contributed by atoms with van der Waals surface area (Å²) in [5, 5.41) is 4.37. The molecule has 3 rings (SSSR count). The number of pyridine rings is 1. The van der Waals surface area contributed by atoms with Gasteiger partial charge in [-0.05, 0) is 23.7 Å². The van der Waals surface area contributed by atoms with E-state index < -0.39 is 0 Å². The van der Waals surface area contributed by atoms with Gasteiger partial charge in [0.05, 0.1) is 31.2 Å². The minimum absolute atomic E-state index is 0.105. The molecular weight excluding hydrogens is 268 g/mol. The van der Waals surface area contributed by atoms with Crippen LogP contribution < -0.4 is 4.90 Å². The van der Waals surface area contributed by atoms with Crippen molar-refractivity contribution in [1.29, 1.82) is 0 Å². The van der Waals surface area contributed by atoms with Gasteiger partial charge in [0.25, 0.3) is 0 Å². The molecule has 1 atom stereocenters. The van der Waals surface area contributed by atoms with Gasteiger partial charge in [-0.2, -0.15) is 4.98 Å². The molecule has 6 nitrogen and oxygen atoms in total. The minimum Gasteiger partial charge on any atom is -0.382 e. The minimum atomic E-state index is 0.105. The van der Waals surface area contributed by atoms with E-state index in [1.54, 1.807) is 11.6 Å². The zero-order valence-corrected chi connectivity index (χ0v) is 11.4. The second-order valence-electron chi connectivity index (χ2n) is 4.47. The monoisotopic (exact) mass is 282 g/mol. The summed E-state index contributed by atoms with van der Waals surface area (Å²) in [7, 11) is 1.69. The lowest BCUT2D eigenvalue weighted by Gasteiger charge is -2.34. The zero-order valence-electron chi connectivity index (χ0n) is 10.6. The van der Waals surface area contributed by atoms with Gasteiger partial charge >= 0.3 is 0 Å². The van der Waals surface area contributed by atoms with Crippen LogP contribution in [0.1, 0.15) is 0 Å². The Kier molecular flexibility index (Phi) is 3.54. The van der Waals surface area contributed by atoms with Crippen molar-refractivity contribution in [2.75, 3.05) is 38.3 Å². The van der Waals surface area contributed by atoms with Crippen molar-refractivity contribution in [3.8, 4) is 0 Å². The summed E-state index contributed by atoms with van der Waals surface area (Å²) in [4.78, 5) is 6.35. The standard InChI is InChI=1S/C12H15ClN4O2/c1-18-8-10-7-16(4-5-19-10)9-2-3-11-14-12(13)15-17(11)6-9/h2-3,6,10H,4-5,7-8H2,1H3. The third kappa shape index (κ3) is 2.65. The molecule has 0 amide bonds. The third-order valence-corrected chi connectivity index (χ3v) is 3.31. The summed E-state index contributed by atoms with van der Waals surface area (Å²) < 4.78 is 12.5. The number of aromatic nitrogens is 3. The van der Waals surface area contributed by atoms with Gasteiger partial charge in [-0.15, -0.1) is 5.10 Å². The Morgan fingerprint density at radius 3 is 3.26 bits per heavy atom. The molecule has 2 aromatic rings. The average Bonchev–Trinajstić information content (AvgIpc) is 2.78. The second-order valence-corrected chi connectivity index (χ2v) is 4.80. The van der Waals surface area contributed by atoms with E-state index in [0.717, 1.165) is 24.4 Å². The summed E-state index contributed by atoms with van der Waals surface area (Å²) in [6, 6.07) is 3.94. The molecule has 1 fully saturated rings. The second kappa shape index (κ2) is 5.32. The molecule has 3 heterocycles. The maximum atomic E-state index is 5.79. The van der Waals surface area contributed by atoms with Crippen LogP contribution in [0, 0.1) is 0 Å². The molecule has 1 saturated heterocycles. The molecule has 0 saturated carbocycles. The van der Waals surface area contributed by atoms with E-state index >= 15 is 0 Å². The van der Waals surface area contributed by atoms with Crippen molar-refractivity contribution in [1.82, 2.24) is 14.6 Å². The van der Waals surface area contributed by atoms with Gasteiger partial charge < -0.3 is 14.4 Å². The number of hydrogen-bond donors (Lipinski definition) is 0. The number of hydrogen-bond acceptors (Lipinski definition) is 5. The van der Waals surface area contributed by atoms with Crippen LogP contribution in [0.25, 0.3) is 5.65 Å². The molecule has 0 radical (unpaired) electrons. The molecule has 7 heteroatoms. The van der Waals surface area contributed by atoms with Gasteiger partial charge in [0.15, 0.2) is 5.65 Å². The van der Waals surface area contributed by atoms with Crippen LogP contribution in [0.3, 0.4) is 0 Å². The lowest BCUT2D eigenvalue weighted by atomic mass is 10.2. The van der Waals surface area contributed by atoms with Gasteiger partial charge in [-0.25, -0.2) is 4.52 Å². The molecular formula is C12H15ClN4O2. The molecule has 0 bridgehead atoms. The maximum Gasteiger partial charge on any atom is 0.243 e. The molecule has 1 aliphatic rings. The molecule has 19 heavy (non-hydrogen) atoms. The molecule has 1 aliphatic heterocycles. The van der Waals surface area contributed by atoms with Crippen molar-refractivity contribution in [3.05, 3.63) is 23.6 Å². The summed E-state index contributed by atoms with van der Waals surface area (Å²) in [6.45, 7) is 2.97.